The van der Waals surface area contributed by atoms with Crippen molar-refractivity contribution in [3.63, 3.8) is 0 Å². The summed E-state index contributed by atoms with van der Waals surface area (Å²) in [7, 11) is 0. The van der Waals surface area contributed by atoms with E-state index in [4.69, 9.17) is 9.47 Å². The van der Waals surface area contributed by atoms with Crippen molar-refractivity contribution >= 4 is 0 Å². The van der Waals surface area contributed by atoms with Crippen molar-refractivity contribution in [2.75, 3.05) is 13.2 Å². The second-order valence-electron chi connectivity index (χ2n) is 6.35. The van der Waals surface area contributed by atoms with Crippen LogP contribution in [0.4, 0.5) is 0 Å². The average Bonchev–Trinajstić information content (AvgIpc) is 2.64. The third kappa shape index (κ3) is 4.91. The van der Waals surface area contributed by atoms with Gasteiger partial charge in [0, 0.05) is 13.2 Å². The first kappa shape index (κ1) is 17.2. The molecular formula is C21H26O3. The van der Waals surface area contributed by atoms with Gasteiger partial charge in [0.25, 0.3) is 0 Å². The van der Waals surface area contributed by atoms with Gasteiger partial charge in [0.05, 0.1) is 6.61 Å². The highest BCUT2D eigenvalue weighted by atomic mass is 16.7. The van der Waals surface area contributed by atoms with Crippen LogP contribution >= 0.6 is 0 Å². The summed E-state index contributed by atoms with van der Waals surface area (Å²) in [5.41, 5.74) is 4.90. The molecule has 1 heterocycles. The van der Waals surface area contributed by atoms with Gasteiger partial charge in [-0.2, -0.15) is 0 Å². The Morgan fingerprint density at radius 1 is 1.00 bits per heavy atom. The minimum Gasteiger partial charge on any atom is -0.396 e. The summed E-state index contributed by atoms with van der Waals surface area (Å²) in [5, 5.41) is 9.38. The monoisotopic (exact) mass is 326 g/mol. The maximum Gasteiger partial charge on any atom is 0.158 e. The van der Waals surface area contributed by atoms with Crippen molar-refractivity contribution in [1.29, 1.82) is 0 Å². The lowest BCUT2D eigenvalue weighted by Crippen LogP contribution is -2.22. The van der Waals surface area contributed by atoms with Gasteiger partial charge in [-0.25, -0.2) is 0 Å². The average molecular weight is 326 g/mol. The fourth-order valence-corrected chi connectivity index (χ4v) is 3.14. The highest BCUT2D eigenvalue weighted by molar-refractivity contribution is 5.36. The van der Waals surface area contributed by atoms with Crippen LogP contribution in [0, 0.1) is 0 Å². The minimum atomic E-state index is -0.0657. The van der Waals surface area contributed by atoms with Gasteiger partial charge in [-0.05, 0) is 54.4 Å². The van der Waals surface area contributed by atoms with Crippen molar-refractivity contribution < 1.29 is 14.6 Å². The predicted octanol–water partition coefficient (Wildman–Crippen LogP) is 3.86. The van der Waals surface area contributed by atoms with Crippen LogP contribution in [0.1, 0.15) is 41.5 Å². The molecule has 24 heavy (non-hydrogen) atoms. The molecule has 3 rings (SSSR count). The number of hydrogen-bond donors (Lipinski definition) is 1. The number of benzene rings is 2. The largest absolute Gasteiger partial charge is 0.396 e. The molecule has 1 saturated heterocycles. The van der Waals surface area contributed by atoms with Gasteiger partial charge >= 0.3 is 0 Å². The van der Waals surface area contributed by atoms with Crippen molar-refractivity contribution in [1.82, 2.24) is 0 Å². The highest BCUT2D eigenvalue weighted by Crippen LogP contribution is 2.20. The number of hydrogen-bond acceptors (Lipinski definition) is 3. The molecule has 2 aromatic rings. The Morgan fingerprint density at radius 3 is 2.62 bits per heavy atom. The van der Waals surface area contributed by atoms with Gasteiger partial charge < -0.3 is 14.6 Å². The molecule has 0 spiro atoms. The molecule has 0 saturated carbocycles. The number of rotatable bonds is 7. The Balaban J connectivity index is 1.66. The first-order valence-electron chi connectivity index (χ1n) is 8.84. The van der Waals surface area contributed by atoms with Gasteiger partial charge in [-0.15, -0.1) is 0 Å². The van der Waals surface area contributed by atoms with Crippen molar-refractivity contribution in [3.8, 4) is 0 Å². The zero-order valence-electron chi connectivity index (χ0n) is 14.1. The second-order valence-corrected chi connectivity index (χ2v) is 6.35. The molecule has 1 N–H and O–H groups in total. The van der Waals surface area contributed by atoms with Crippen LogP contribution in [-0.4, -0.2) is 24.6 Å². The third-order valence-electron chi connectivity index (χ3n) is 4.46. The van der Waals surface area contributed by atoms with E-state index in [9.17, 15) is 5.11 Å². The quantitative estimate of drug-likeness (QED) is 0.840. The molecule has 2 aromatic carbocycles. The first-order valence-corrected chi connectivity index (χ1v) is 8.84. The van der Waals surface area contributed by atoms with Crippen LogP contribution < -0.4 is 0 Å². The van der Waals surface area contributed by atoms with E-state index in [0.717, 1.165) is 31.4 Å². The summed E-state index contributed by atoms with van der Waals surface area (Å²) in [4.78, 5) is 0. The normalized spacial score (nSPS) is 17.8. The summed E-state index contributed by atoms with van der Waals surface area (Å²) >= 11 is 0. The summed E-state index contributed by atoms with van der Waals surface area (Å²) in [6.45, 7) is 1.53. The third-order valence-corrected chi connectivity index (χ3v) is 4.46. The van der Waals surface area contributed by atoms with Gasteiger partial charge in [0.1, 0.15) is 0 Å². The Morgan fingerprint density at radius 2 is 1.88 bits per heavy atom. The van der Waals surface area contributed by atoms with Crippen LogP contribution in [-0.2, 0) is 28.9 Å². The van der Waals surface area contributed by atoms with Crippen LogP contribution in [0.2, 0.25) is 0 Å². The number of aliphatic hydroxyl groups excluding tert-OH is 1. The van der Waals surface area contributed by atoms with Crippen LogP contribution in [0.25, 0.3) is 0 Å². The predicted molar refractivity (Wildman–Crippen MR) is 94.9 cm³/mol. The Labute approximate surface area is 144 Å². The highest BCUT2D eigenvalue weighted by Gasteiger charge is 2.14. The maximum atomic E-state index is 9.38. The van der Waals surface area contributed by atoms with E-state index in [0.29, 0.717) is 13.0 Å². The molecule has 3 nitrogen and oxygen atoms in total. The van der Waals surface area contributed by atoms with E-state index in [1.807, 2.05) is 6.07 Å². The molecule has 3 heteroatoms. The topological polar surface area (TPSA) is 38.7 Å². The second kappa shape index (κ2) is 8.97. The molecule has 128 valence electrons. The Hall–Kier alpha value is -1.68. The zero-order chi connectivity index (χ0) is 16.6. The SMILES string of the molecule is OCCc1cc(COC2CCCCO2)ccc1Cc1ccccc1. The van der Waals surface area contributed by atoms with Crippen LogP contribution in [0.5, 0.6) is 0 Å². The van der Waals surface area contributed by atoms with E-state index in [1.165, 1.54) is 23.1 Å². The van der Waals surface area contributed by atoms with Gasteiger partial charge in [-0.1, -0.05) is 48.5 Å². The first-order chi connectivity index (χ1) is 11.8. The molecule has 1 aliphatic heterocycles. The Bertz CT molecular complexity index is 618. The van der Waals surface area contributed by atoms with E-state index in [2.05, 4.69) is 42.5 Å². The van der Waals surface area contributed by atoms with Gasteiger partial charge in [0.15, 0.2) is 6.29 Å². The van der Waals surface area contributed by atoms with Gasteiger partial charge in [-0.3, -0.25) is 0 Å². The molecule has 1 unspecified atom stereocenters. The summed E-state index contributed by atoms with van der Waals surface area (Å²) < 4.78 is 11.5. The van der Waals surface area contributed by atoms with Crippen molar-refractivity contribution in [3.05, 3.63) is 70.8 Å². The summed E-state index contributed by atoms with van der Waals surface area (Å²) in [6, 6.07) is 16.9. The lowest BCUT2D eigenvalue weighted by atomic mass is 9.96. The zero-order valence-corrected chi connectivity index (χ0v) is 14.1. The molecule has 1 fully saturated rings. The molecule has 1 aliphatic rings. The molecule has 0 aromatic heterocycles. The molecule has 0 aliphatic carbocycles. The molecule has 1 atom stereocenters. The molecule has 0 radical (unpaired) electrons. The van der Waals surface area contributed by atoms with Crippen molar-refractivity contribution in [2.24, 2.45) is 0 Å². The minimum absolute atomic E-state index is 0.0657. The van der Waals surface area contributed by atoms with Crippen LogP contribution in [0.3, 0.4) is 0 Å². The molecular weight excluding hydrogens is 300 g/mol. The van der Waals surface area contributed by atoms with E-state index >= 15 is 0 Å². The summed E-state index contributed by atoms with van der Waals surface area (Å²) in [6.07, 6.45) is 4.80. The standard InChI is InChI=1S/C21H26O3/c22-12-11-20-15-18(16-24-21-8-4-5-13-23-21)9-10-19(20)14-17-6-2-1-3-7-17/h1-3,6-7,9-10,15,21-22H,4-5,8,11-14,16H2. The lowest BCUT2D eigenvalue weighted by Gasteiger charge is -2.23. The van der Waals surface area contributed by atoms with E-state index < -0.39 is 0 Å². The Kier molecular flexibility index (Phi) is 6.41. The molecule has 0 bridgehead atoms. The van der Waals surface area contributed by atoms with Gasteiger partial charge in [0.2, 0.25) is 0 Å². The molecule has 0 amide bonds. The number of ether oxygens (including phenoxy) is 2. The van der Waals surface area contributed by atoms with Crippen molar-refractivity contribution in [2.45, 2.75) is 45.0 Å². The maximum absolute atomic E-state index is 9.38. The smallest absolute Gasteiger partial charge is 0.158 e. The summed E-state index contributed by atoms with van der Waals surface area (Å²) in [5.74, 6) is 0. The fraction of sp³-hybridized carbons (Fsp3) is 0.429. The number of aliphatic hydroxyl groups is 1. The van der Waals surface area contributed by atoms with E-state index in [-0.39, 0.29) is 12.9 Å². The lowest BCUT2D eigenvalue weighted by molar-refractivity contribution is -0.168. The van der Waals surface area contributed by atoms with Crippen LogP contribution in [0.15, 0.2) is 48.5 Å². The van der Waals surface area contributed by atoms with E-state index in [1.54, 1.807) is 0 Å². The fourth-order valence-electron chi connectivity index (χ4n) is 3.14.